The third kappa shape index (κ3) is 4.13. The highest BCUT2D eigenvalue weighted by molar-refractivity contribution is 7.99. The Kier molecular flexibility index (Phi) is 5.41. The van der Waals surface area contributed by atoms with Crippen molar-refractivity contribution < 1.29 is 23.1 Å². The number of benzene rings is 2. The Morgan fingerprint density at radius 1 is 1.19 bits per heavy atom. The van der Waals surface area contributed by atoms with Crippen molar-refractivity contribution in [3.8, 4) is 5.75 Å². The van der Waals surface area contributed by atoms with Crippen LogP contribution in [0, 0.1) is 0 Å². The standard InChI is InChI=1S/C18H16F2N2O3S/c1-11(23)22-10-16(25-15-5-3-2-4-14(15)22)17(24)21-12-6-8-13(9-7-12)26-18(19)20/h2-9,16,18H,10H2,1H3,(H,21,24). The van der Waals surface area contributed by atoms with E-state index >= 15 is 0 Å². The molecule has 0 spiro atoms. The lowest BCUT2D eigenvalue weighted by Crippen LogP contribution is -2.48. The van der Waals surface area contributed by atoms with Crippen molar-refractivity contribution in [1.82, 2.24) is 0 Å². The molecule has 2 amide bonds. The quantitative estimate of drug-likeness (QED) is 0.824. The topological polar surface area (TPSA) is 58.6 Å². The van der Waals surface area contributed by atoms with Crippen LogP contribution in [0.3, 0.4) is 0 Å². The highest BCUT2D eigenvalue weighted by atomic mass is 32.2. The number of para-hydroxylation sites is 2. The summed E-state index contributed by atoms with van der Waals surface area (Å²) in [4.78, 5) is 26.3. The van der Waals surface area contributed by atoms with Gasteiger partial charge in [-0.25, -0.2) is 0 Å². The molecule has 5 nitrogen and oxygen atoms in total. The maximum Gasteiger partial charge on any atom is 0.288 e. The van der Waals surface area contributed by atoms with E-state index < -0.39 is 17.8 Å². The molecule has 8 heteroatoms. The average Bonchev–Trinajstić information content (AvgIpc) is 2.61. The third-order valence-electron chi connectivity index (χ3n) is 3.79. The van der Waals surface area contributed by atoms with Crippen LogP contribution in [-0.2, 0) is 9.59 Å². The molecular formula is C18H16F2N2O3S. The summed E-state index contributed by atoms with van der Waals surface area (Å²) in [5.41, 5.74) is 1.09. The number of carbonyl (C=O) groups is 2. The van der Waals surface area contributed by atoms with Gasteiger partial charge in [0.1, 0.15) is 5.75 Å². The first-order chi connectivity index (χ1) is 12.4. The number of alkyl halides is 2. The van der Waals surface area contributed by atoms with Gasteiger partial charge in [0.05, 0.1) is 12.2 Å². The van der Waals surface area contributed by atoms with Crippen LogP contribution in [0.25, 0.3) is 0 Å². The largest absolute Gasteiger partial charge is 0.476 e. The van der Waals surface area contributed by atoms with E-state index in [1.165, 1.54) is 24.0 Å². The van der Waals surface area contributed by atoms with Crippen molar-refractivity contribution >= 4 is 35.0 Å². The van der Waals surface area contributed by atoms with Gasteiger partial charge in [-0.2, -0.15) is 8.78 Å². The third-order valence-corrected chi connectivity index (χ3v) is 4.52. The molecule has 1 aliphatic heterocycles. The van der Waals surface area contributed by atoms with Crippen LogP contribution in [0.2, 0.25) is 0 Å². The minimum atomic E-state index is -2.50. The molecule has 0 bridgehead atoms. The molecule has 1 N–H and O–H groups in total. The molecule has 1 aliphatic rings. The summed E-state index contributed by atoms with van der Waals surface area (Å²) in [6, 6.07) is 13.1. The van der Waals surface area contributed by atoms with E-state index in [1.807, 2.05) is 0 Å². The highest BCUT2D eigenvalue weighted by Gasteiger charge is 2.32. The van der Waals surface area contributed by atoms with E-state index in [2.05, 4.69) is 5.32 Å². The first kappa shape index (κ1) is 18.2. The van der Waals surface area contributed by atoms with Crippen molar-refractivity contribution in [3.05, 3.63) is 48.5 Å². The molecule has 1 heterocycles. The molecule has 26 heavy (non-hydrogen) atoms. The van der Waals surface area contributed by atoms with Crippen LogP contribution in [0.5, 0.6) is 5.75 Å². The molecule has 0 fully saturated rings. The number of thioether (sulfide) groups is 1. The van der Waals surface area contributed by atoms with Gasteiger partial charge in [-0.05, 0) is 36.4 Å². The van der Waals surface area contributed by atoms with Gasteiger partial charge in [0, 0.05) is 17.5 Å². The second kappa shape index (κ2) is 7.74. The monoisotopic (exact) mass is 378 g/mol. The second-order valence-electron chi connectivity index (χ2n) is 5.60. The summed E-state index contributed by atoms with van der Waals surface area (Å²) in [7, 11) is 0. The number of rotatable bonds is 4. The Morgan fingerprint density at radius 3 is 2.54 bits per heavy atom. The number of amides is 2. The van der Waals surface area contributed by atoms with Crippen molar-refractivity contribution in [3.63, 3.8) is 0 Å². The molecule has 0 saturated carbocycles. The number of anilines is 2. The van der Waals surface area contributed by atoms with Gasteiger partial charge in [-0.3, -0.25) is 9.59 Å². The number of hydrogen-bond donors (Lipinski definition) is 1. The molecular weight excluding hydrogens is 362 g/mol. The summed E-state index contributed by atoms with van der Waals surface area (Å²) in [5, 5.41) is 2.68. The molecule has 3 rings (SSSR count). The average molecular weight is 378 g/mol. The number of nitrogens with one attached hydrogen (secondary N) is 1. The Bertz CT molecular complexity index is 814. The predicted molar refractivity (Wildman–Crippen MR) is 95.8 cm³/mol. The predicted octanol–water partition coefficient (Wildman–Crippen LogP) is 3.75. The van der Waals surface area contributed by atoms with E-state index in [9.17, 15) is 18.4 Å². The van der Waals surface area contributed by atoms with E-state index in [1.54, 1.807) is 36.4 Å². The first-order valence-corrected chi connectivity index (χ1v) is 8.71. The Morgan fingerprint density at radius 2 is 1.88 bits per heavy atom. The van der Waals surface area contributed by atoms with Gasteiger partial charge in [-0.15, -0.1) is 0 Å². The number of fused-ring (bicyclic) bond motifs is 1. The summed E-state index contributed by atoms with van der Waals surface area (Å²) in [6.45, 7) is 1.52. The zero-order valence-corrected chi connectivity index (χ0v) is 14.6. The Balaban J connectivity index is 1.71. The lowest BCUT2D eigenvalue weighted by Gasteiger charge is -2.33. The fourth-order valence-corrected chi connectivity index (χ4v) is 3.11. The summed E-state index contributed by atoms with van der Waals surface area (Å²) in [6.07, 6.45) is -0.871. The van der Waals surface area contributed by atoms with E-state index in [-0.39, 0.29) is 12.5 Å². The van der Waals surface area contributed by atoms with Gasteiger partial charge in [0.15, 0.2) is 6.10 Å². The second-order valence-corrected chi connectivity index (χ2v) is 6.66. The molecule has 2 aromatic rings. The fraction of sp³-hybridized carbons (Fsp3) is 0.222. The SMILES string of the molecule is CC(=O)N1CC(C(=O)Nc2ccc(SC(F)F)cc2)Oc2ccccc21. The molecule has 0 aliphatic carbocycles. The van der Waals surface area contributed by atoms with Crippen LogP contribution in [0.15, 0.2) is 53.4 Å². The molecule has 1 atom stereocenters. The maximum atomic E-state index is 12.5. The molecule has 0 aromatic heterocycles. The van der Waals surface area contributed by atoms with Crippen LogP contribution < -0.4 is 15.0 Å². The van der Waals surface area contributed by atoms with Crippen molar-refractivity contribution in [2.45, 2.75) is 23.7 Å². The smallest absolute Gasteiger partial charge is 0.288 e. The van der Waals surface area contributed by atoms with Gasteiger partial charge in [0.2, 0.25) is 5.91 Å². The van der Waals surface area contributed by atoms with Crippen LogP contribution in [0.4, 0.5) is 20.2 Å². The maximum absolute atomic E-state index is 12.5. The number of ether oxygens (including phenoxy) is 1. The van der Waals surface area contributed by atoms with Crippen molar-refractivity contribution in [2.24, 2.45) is 0 Å². The van der Waals surface area contributed by atoms with E-state index in [4.69, 9.17) is 4.74 Å². The van der Waals surface area contributed by atoms with E-state index in [0.717, 1.165) is 0 Å². The fourth-order valence-electron chi connectivity index (χ4n) is 2.61. The van der Waals surface area contributed by atoms with Gasteiger partial charge < -0.3 is 15.0 Å². The van der Waals surface area contributed by atoms with Gasteiger partial charge in [-0.1, -0.05) is 23.9 Å². The lowest BCUT2D eigenvalue weighted by molar-refractivity contribution is -0.123. The number of nitrogens with zero attached hydrogens (tertiary/aromatic N) is 1. The summed E-state index contributed by atoms with van der Waals surface area (Å²) < 4.78 is 30.4. The van der Waals surface area contributed by atoms with Crippen LogP contribution >= 0.6 is 11.8 Å². The minimum Gasteiger partial charge on any atom is -0.476 e. The molecule has 136 valence electrons. The Labute approximate surface area is 153 Å². The first-order valence-electron chi connectivity index (χ1n) is 7.83. The summed E-state index contributed by atoms with van der Waals surface area (Å²) in [5.74, 6) is -2.64. The zero-order chi connectivity index (χ0) is 18.7. The normalized spacial score (nSPS) is 16.0. The molecule has 0 radical (unpaired) electrons. The number of halogens is 2. The van der Waals surface area contributed by atoms with Crippen molar-refractivity contribution in [1.29, 1.82) is 0 Å². The van der Waals surface area contributed by atoms with Gasteiger partial charge in [0.25, 0.3) is 11.7 Å². The highest BCUT2D eigenvalue weighted by Crippen LogP contribution is 2.33. The molecule has 1 unspecified atom stereocenters. The van der Waals surface area contributed by atoms with Gasteiger partial charge >= 0.3 is 0 Å². The van der Waals surface area contributed by atoms with E-state index in [0.29, 0.717) is 33.8 Å². The summed E-state index contributed by atoms with van der Waals surface area (Å²) >= 11 is 0.435. The van der Waals surface area contributed by atoms with Crippen LogP contribution in [-0.4, -0.2) is 30.2 Å². The molecule has 2 aromatic carbocycles. The lowest BCUT2D eigenvalue weighted by atomic mass is 10.1. The minimum absolute atomic E-state index is 0.0947. The molecule has 0 saturated heterocycles. The number of carbonyl (C=O) groups excluding carboxylic acids is 2. The zero-order valence-electron chi connectivity index (χ0n) is 13.8. The number of hydrogen-bond acceptors (Lipinski definition) is 4. The Hall–Kier alpha value is -2.61. The van der Waals surface area contributed by atoms with Crippen molar-refractivity contribution in [2.75, 3.05) is 16.8 Å². The van der Waals surface area contributed by atoms with Crippen LogP contribution in [0.1, 0.15) is 6.92 Å².